The van der Waals surface area contributed by atoms with Crippen LogP contribution in [0.5, 0.6) is 11.5 Å². The van der Waals surface area contributed by atoms with Crippen LogP contribution < -0.4 is 14.8 Å². The molecule has 1 amide bonds. The first-order valence-corrected chi connectivity index (χ1v) is 9.55. The second kappa shape index (κ2) is 7.87. The predicted molar refractivity (Wildman–Crippen MR) is 98.6 cm³/mol. The topological polar surface area (TPSA) is 60.5 Å². The van der Waals surface area contributed by atoms with E-state index < -0.39 is 0 Å². The SMILES string of the molecule is CC(C)Cc1nc(C(=O)NC(C)c2ccc3c(c2)OCCCO3)cs1. The van der Waals surface area contributed by atoms with E-state index in [-0.39, 0.29) is 11.9 Å². The predicted octanol–water partition coefficient (Wildman–Crippen LogP) is 3.99. The molecule has 1 unspecified atom stereocenters. The Bertz CT molecular complexity index is 742. The van der Waals surface area contributed by atoms with Crippen LogP contribution in [0.1, 0.15) is 54.3 Å². The van der Waals surface area contributed by atoms with Gasteiger partial charge < -0.3 is 14.8 Å². The molecule has 1 N–H and O–H groups in total. The maximum Gasteiger partial charge on any atom is 0.271 e. The molecule has 0 fully saturated rings. The van der Waals surface area contributed by atoms with E-state index in [9.17, 15) is 4.79 Å². The standard InChI is InChI=1S/C19H24N2O3S/c1-12(2)9-18-21-15(11-25-18)19(22)20-13(3)14-5-6-16-17(10-14)24-8-4-7-23-16/h5-6,10-13H,4,7-9H2,1-3H3,(H,20,22). The third-order valence-electron chi connectivity index (χ3n) is 3.99. The molecule has 0 saturated heterocycles. The molecule has 134 valence electrons. The van der Waals surface area contributed by atoms with Crippen LogP contribution in [0, 0.1) is 5.92 Å². The molecule has 25 heavy (non-hydrogen) atoms. The fourth-order valence-electron chi connectivity index (χ4n) is 2.66. The van der Waals surface area contributed by atoms with Gasteiger partial charge in [-0.15, -0.1) is 11.3 Å². The molecule has 5 nitrogen and oxygen atoms in total. The normalized spacial score (nSPS) is 14.9. The summed E-state index contributed by atoms with van der Waals surface area (Å²) in [5.41, 5.74) is 1.47. The molecule has 0 bridgehead atoms. The largest absolute Gasteiger partial charge is 0.490 e. The van der Waals surface area contributed by atoms with Crippen molar-refractivity contribution in [3.63, 3.8) is 0 Å². The summed E-state index contributed by atoms with van der Waals surface area (Å²) in [6, 6.07) is 5.67. The number of benzene rings is 1. The number of nitrogens with one attached hydrogen (secondary N) is 1. The van der Waals surface area contributed by atoms with E-state index in [4.69, 9.17) is 9.47 Å². The Kier molecular flexibility index (Phi) is 5.58. The van der Waals surface area contributed by atoms with Gasteiger partial charge in [-0.3, -0.25) is 4.79 Å². The number of nitrogens with zero attached hydrogens (tertiary/aromatic N) is 1. The van der Waals surface area contributed by atoms with Crippen molar-refractivity contribution in [2.24, 2.45) is 5.92 Å². The van der Waals surface area contributed by atoms with Crippen LogP contribution in [0.15, 0.2) is 23.6 Å². The number of carbonyl (C=O) groups is 1. The first-order valence-electron chi connectivity index (χ1n) is 8.67. The molecule has 0 saturated carbocycles. The van der Waals surface area contributed by atoms with Crippen molar-refractivity contribution >= 4 is 17.2 Å². The number of amides is 1. The van der Waals surface area contributed by atoms with E-state index >= 15 is 0 Å². The monoisotopic (exact) mass is 360 g/mol. The highest BCUT2D eigenvalue weighted by molar-refractivity contribution is 7.09. The number of hydrogen-bond donors (Lipinski definition) is 1. The van der Waals surface area contributed by atoms with Gasteiger partial charge in [-0.1, -0.05) is 19.9 Å². The van der Waals surface area contributed by atoms with Crippen molar-refractivity contribution in [1.82, 2.24) is 10.3 Å². The highest BCUT2D eigenvalue weighted by Crippen LogP contribution is 2.32. The molecule has 2 aromatic rings. The molecule has 0 radical (unpaired) electrons. The Morgan fingerprint density at radius 3 is 2.76 bits per heavy atom. The van der Waals surface area contributed by atoms with Crippen LogP contribution in [0.3, 0.4) is 0 Å². The van der Waals surface area contributed by atoms with Crippen LogP contribution in [0.4, 0.5) is 0 Å². The van der Waals surface area contributed by atoms with Crippen molar-refractivity contribution in [2.45, 2.75) is 39.7 Å². The number of hydrogen-bond acceptors (Lipinski definition) is 5. The van der Waals surface area contributed by atoms with Gasteiger partial charge in [0.2, 0.25) is 0 Å². The lowest BCUT2D eigenvalue weighted by molar-refractivity contribution is 0.0935. The zero-order chi connectivity index (χ0) is 17.8. The lowest BCUT2D eigenvalue weighted by Gasteiger charge is -2.16. The first kappa shape index (κ1) is 17.7. The van der Waals surface area contributed by atoms with Crippen molar-refractivity contribution in [2.75, 3.05) is 13.2 Å². The summed E-state index contributed by atoms with van der Waals surface area (Å²) in [6.07, 6.45) is 1.77. The first-order chi connectivity index (χ1) is 12.0. The number of fused-ring (bicyclic) bond motifs is 1. The third-order valence-corrected chi connectivity index (χ3v) is 4.86. The van der Waals surface area contributed by atoms with Gasteiger partial charge in [0.05, 0.1) is 24.3 Å². The van der Waals surface area contributed by atoms with Gasteiger partial charge in [-0.25, -0.2) is 4.98 Å². The second-order valence-corrected chi connectivity index (χ2v) is 7.62. The fourth-order valence-corrected chi connectivity index (χ4v) is 3.65. The Hall–Kier alpha value is -2.08. The van der Waals surface area contributed by atoms with Crippen molar-refractivity contribution in [1.29, 1.82) is 0 Å². The van der Waals surface area contributed by atoms with Gasteiger partial charge in [-0.05, 0) is 30.5 Å². The van der Waals surface area contributed by atoms with Crippen LogP contribution in [0.2, 0.25) is 0 Å². The Morgan fingerprint density at radius 1 is 1.24 bits per heavy atom. The van der Waals surface area contributed by atoms with E-state index in [1.165, 1.54) is 0 Å². The Labute approximate surface area is 152 Å². The van der Waals surface area contributed by atoms with Crippen molar-refractivity contribution in [3.05, 3.63) is 39.8 Å². The Balaban J connectivity index is 1.67. The molecule has 1 aliphatic rings. The minimum atomic E-state index is -0.147. The summed E-state index contributed by atoms with van der Waals surface area (Å²) in [5, 5.41) is 5.84. The van der Waals surface area contributed by atoms with Gasteiger partial charge in [0.15, 0.2) is 11.5 Å². The summed E-state index contributed by atoms with van der Waals surface area (Å²) in [5.74, 6) is 1.88. The van der Waals surface area contributed by atoms with Crippen LogP contribution in [0.25, 0.3) is 0 Å². The molecule has 1 aliphatic heterocycles. The molecular weight excluding hydrogens is 336 g/mol. The summed E-state index contributed by atoms with van der Waals surface area (Å²) < 4.78 is 11.4. The average molecular weight is 360 g/mol. The van der Waals surface area contributed by atoms with E-state index in [1.807, 2.05) is 30.5 Å². The molecule has 1 aromatic carbocycles. The third kappa shape index (κ3) is 4.51. The van der Waals surface area contributed by atoms with E-state index in [2.05, 4.69) is 24.1 Å². The summed E-state index contributed by atoms with van der Waals surface area (Å²) >= 11 is 1.54. The number of aromatic nitrogens is 1. The van der Waals surface area contributed by atoms with Crippen LogP contribution >= 0.6 is 11.3 Å². The number of rotatable bonds is 5. The zero-order valence-corrected chi connectivity index (χ0v) is 15.7. The molecule has 1 atom stereocenters. The number of thiazole rings is 1. The highest BCUT2D eigenvalue weighted by atomic mass is 32.1. The molecule has 2 heterocycles. The molecule has 6 heteroatoms. The maximum atomic E-state index is 12.4. The minimum Gasteiger partial charge on any atom is -0.490 e. The van der Waals surface area contributed by atoms with E-state index in [0.29, 0.717) is 24.8 Å². The molecule has 0 aliphatic carbocycles. The van der Waals surface area contributed by atoms with Crippen LogP contribution in [-0.2, 0) is 6.42 Å². The number of carbonyl (C=O) groups excluding carboxylic acids is 1. The average Bonchev–Trinajstić information content (AvgIpc) is 2.90. The summed E-state index contributed by atoms with van der Waals surface area (Å²) in [6.45, 7) is 7.56. The molecule has 1 aromatic heterocycles. The molecular formula is C19H24N2O3S. The van der Waals surface area contributed by atoms with E-state index in [1.54, 1.807) is 11.3 Å². The maximum absolute atomic E-state index is 12.4. The second-order valence-electron chi connectivity index (χ2n) is 6.68. The van der Waals surface area contributed by atoms with Gasteiger partial charge in [0.1, 0.15) is 5.69 Å². The van der Waals surface area contributed by atoms with Gasteiger partial charge in [0, 0.05) is 18.2 Å². The quantitative estimate of drug-likeness (QED) is 0.876. The smallest absolute Gasteiger partial charge is 0.271 e. The van der Waals surface area contributed by atoms with Crippen molar-refractivity contribution < 1.29 is 14.3 Å². The summed E-state index contributed by atoms with van der Waals surface area (Å²) in [4.78, 5) is 16.9. The van der Waals surface area contributed by atoms with E-state index in [0.717, 1.165) is 34.9 Å². The van der Waals surface area contributed by atoms with Crippen molar-refractivity contribution in [3.8, 4) is 11.5 Å². The number of ether oxygens (including phenoxy) is 2. The van der Waals surface area contributed by atoms with Gasteiger partial charge >= 0.3 is 0 Å². The fraction of sp³-hybridized carbons (Fsp3) is 0.474. The van der Waals surface area contributed by atoms with Crippen LogP contribution in [-0.4, -0.2) is 24.1 Å². The zero-order valence-electron chi connectivity index (χ0n) is 14.9. The lowest BCUT2D eigenvalue weighted by Crippen LogP contribution is -2.27. The molecule has 3 rings (SSSR count). The van der Waals surface area contributed by atoms with Gasteiger partial charge in [-0.2, -0.15) is 0 Å². The molecule has 0 spiro atoms. The lowest BCUT2D eigenvalue weighted by atomic mass is 10.1. The highest BCUT2D eigenvalue weighted by Gasteiger charge is 2.17. The van der Waals surface area contributed by atoms with Gasteiger partial charge in [0.25, 0.3) is 5.91 Å². The summed E-state index contributed by atoms with van der Waals surface area (Å²) in [7, 11) is 0. The minimum absolute atomic E-state index is 0.139. The Morgan fingerprint density at radius 2 is 2.00 bits per heavy atom.